The molecule has 0 N–H and O–H groups in total. The van der Waals surface area contributed by atoms with Crippen molar-refractivity contribution in [2.75, 3.05) is 7.05 Å². The van der Waals surface area contributed by atoms with Gasteiger partial charge in [-0.1, -0.05) is 0 Å². The Morgan fingerprint density at radius 2 is 1.43 bits per heavy atom. The predicted octanol–water partition coefficient (Wildman–Crippen LogP) is 3.13. The van der Waals surface area contributed by atoms with Crippen molar-refractivity contribution < 1.29 is 26.3 Å². The van der Waals surface area contributed by atoms with Crippen molar-refractivity contribution in [2.45, 2.75) is 19.3 Å². The van der Waals surface area contributed by atoms with Gasteiger partial charge in [0.05, 0.1) is 0 Å². The Morgan fingerprint density at radius 3 is 1.64 bits per heavy atom. The Morgan fingerprint density at radius 1 is 1.00 bits per heavy atom. The second-order valence-electron chi connectivity index (χ2n) is 2.43. The summed E-state index contributed by atoms with van der Waals surface area (Å²) in [6.45, 7) is 0.552. The molecule has 0 amide bonds. The third kappa shape index (κ3) is 3.80. The van der Waals surface area contributed by atoms with Crippen molar-refractivity contribution in [2.24, 2.45) is 4.99 Å². The topological polar surface area (TPSA) is 12.4 Å². The average Bonchev–Trinajstić information content (AvgIpc) is 1.95. The fourth-order valence-electron chi connectivity index (χ4n) is 0.560. The summed E-state index contributed by atoms with van der Waals surface area (Å²) in [7, 11) is 0.781. The number of allylic oxidation sites excluding steroid dienone is 2. The van der Waals surface area contributed by atoms with Crippen LogP contribution in [0.15, 0.2) is 16.6 Å². The van der Waals surface area contributed by atoms with Crippen LogP contribution < -0.4 is 0 Å². The summed E-state index contributed by atoms with van der Waals surface area (Å²) in [5.74, 6) is 0. The number of halogens is 6. The molecule has 0 unspecified atom stereocenters. The Labute approximate surface area is 76.1 Å². The molecule has 0 aromatic heterocycles. The summed E-state index contributed by atoms with van der Waals surface area (Å²) >= 11 is 0. The summed E-state index contributed by atoms with van der Waals surface area (Å²) in [6, 6.07) is 0. The van der Waals surface area contributed by atoms with Crippen LogP contribution in [0.25, 0.3) is 0 Å². The molecule has 0 aliphatic heterocycles. The van der Waals surface area contributed by atoms with Crippen molar-refractivity contribution in [3.8, 4) is 0 Å². The van der Waals surface area contributed by atoms with Crippen molar-refractivity contribution in [3.63, 3.8) is 0 Å². The standard InChI is InChI=1S/C7H7F6N/c1-4(6(8,9)10)3-5(14-2)7(11,12)13/h3H,1-2H3/b4-3+,14-5?. The summed E-state index contributed by atoms with van der Waals surface area (Å²) in [4.78, 5) is 2.73. The zero-order valence-electron chi connectivity index (χ0n) is 7.29. The SMILES string of the molecule is CN=C(/C=C(\C)C(F)(F)F)C(F)(F)F. The number of hydrogen-bond acceptors (Lipinski definition) is 1. The van der Waals surface area contributed by atoms with E-state index in [0.717, 1.165) is 7.05 Å². The van der Waals surface area contributed by atoms with Gasteiger partial charge < -0.3 is 0 Å². The van der Waals surface area contributed by atoms with E-state index >= 15 is 0 Å². The van der Waals surface area contributed by atoms with Gasteiger partial charge in [0.25, 0.3) is 0 Å². The highest BCUT2D eigenvalue weighted by atomic mass is 19.4. The van der Waals surface area contributed by atoms with Gasteiger partial charge in [0.1, 0.15) is 5.71 Å². The number of aliphatic imine (C=N–C) groups is 1. The van der Waals surface area contributed by atoms with Crippen molar-refractivity contribution >= 4 is 5.71 Å². The highest BCUT2D eigenvalue weighted by molar-refractivity contribution is 5.99. The molecule has 0 bridgehead atoms. The van der Waals surface area contributed by atoms with Gasteiger partial charge in [0.2, 0.25) is 0 Å². The minimum Gasteiger partial charge on any atom is -0.284 e. The van der Waals surface area contributed by atoms with Crippen LogP contribution in [0.2, 0.25) is 0 Å². The minimum absolute atomic E-state index is 0.0278. The molecule has 82 valence electrons. The van der Waals surface area contributed by atoms with E-state index in [1.165, 1.54) is 0 Å². The molecule has 0 spiro atoms. The van der Waals surface area contributed by atoms with Gasteiger partial charge in [-0.15, -0.1) is 0 Å². The molecule has 0 aliphatic carbocycles. The number of rotatable bonds is 1. The summed E-state index contributed by atoms with van der Waals surface area (Å²) < 4.78 is 71.3. The Balaban J connectivity index is 4.99. The normalized spacial score (nSPS) is 16.0. The molecule has 0 saturated heterocycles. The molecule has 14 heavy (non-hydrogen) atoms. The monoisotopic (exact) mass is 219 g/mol. The first-order valence-electron chi connectivity index (χ1n) is 3.38. The third-order valence-electron chi connectivity index (χ3n) is 1.33. The second-order valence-corrected chi connectivity index (χ2v) is 2.43. The van der Waals surface area contributed by atoms with E-state index < -0.39 is 23.6 Å². The quantitative estimate of drug-likeness (QED) is 0.474. The van der Waals surface area contributed by atoms with Crippen LogP contribution in [0.4, 0.5) is 26.3 Å². The molecule has 0 aliphatic rings. The second kappa shape index (κ2) is 4.02. The van der Waals surface area contributed by atoms with Crippen LogP contribution in [-0.2, 0) is 0 Å². The van der Waals surface area contributed by atoms with Crippen LogP contribution >= 0.6 is 0 Å². The van der Waals surface area contributed by atoms with Gasteiger partial charge in [0.15, 0.2) is 0 Å². The smallest absolute Gasteiger partial charge is 0.284 e. The van der Waals surface area contributed by atoms with Crippen molar-refractivity contribution in [1.29, 1.82) is 0 Å². The maximum atomic E-state index is 11.9. The molecular weight excluding hydrogens is 212 g/mol. The zero-order valence-corrected chi connectivity index (χ0v) is 7.29. The van der Waals surface area contributed by atoms with E-state index in [2.05, 4.69) is 4.99 Å². The van der Waals surface area contributed by atoms with Crippen LogP contribution in [0.1, 0.15) is 6.92 Å². The van der Waals surface area contributed by atoms with Gasteiger partial charge in [-0.05, 0) is 13.0 Å². The fourth-order valence-corrected chi connectivity index (χ4v) is 0.560. The first-order chi connectivity index (χ1) is 6.09. The van der Waals surface area contributed by atoms with Crippen LogP contribution in [0, 0.1) is 0 Å². The largest absolute Gasteiger partial charge is 0.432 e. The highest BCUT2D eigenvalue weighted by Crippen LogP contribution is 2.27. The molecular formula is C7H7F6N. The Bertz CT molecular complexity index is 256. The zero-order chi connectivity index (χ0) is 11.6. The highest BCUT2D eigenvalue weighted by Gasteiger charge is 2.37. The van der Waals surface area contributed by atoms with Crippen LogP contribution in [0.5, 0.6) is 0 Å². The lowest BCUT2D eigenvalue weighted by atomic mass is 10.2. The molecule has 0 atom stereocenters. The molecule has 0 radical (unpaired) electrons. The van der Waals surface area contributed by atoms with Crippen LogP contribution in [0.3, 0.4) is 0 Å². The van der Waals surface area contributed by atoms with E-state index in [1.54, 1.807) is 0 Å². The lowest BCUT2D eigenvalue weighted by Crippen LogP contribution is -2.23. The molecule has 0 saturated carbocycles. The average molecular weight is 219 g/mol. The lowest BCUT2D eigenvalue weighted by Gasteiger charge is -2.09. The van der Waals surface area contributed by atoms with E-state index in [1.807, 2.05) is 0 Å². The van der Waals surface area contributed by atoms with Gasteiger partial charge in [-0.25, -0.2) is 0 Å². The molecule has 0 aromatic carbocycles. The summed E-state index contributed by atoms with van der Waals surface area (Å²) in [6.07, 6.45) is -9.65. The van der Waals surface area contributed by atoms with E-state index in [9.17, 15) is 26.3 Å². The van der Waals surface area contributed by atoms with E-state index in [4.69, 9.17) is 0 Å². The third-order valence-corrected chi connectivity index (χ3v) is 1.33. The minimum atomic E-state index is -4.86. The lowest BCUT2D eigenvalue weighted by molar-refractivity contribution is -0.0915. The number of alkyl halides is 6. The Kier molecular flexibility index (Phi) is 3.73. The maximum absolute atomic E-state index is 11.9. The van der Waals surface area contributed by atoms with Crippen LogP contribution in [-0.4, -0.2) is 25.1 Å². The number of nitrogens with zero attached hydrogens (tertiary/aromatic N) is 1. The number of hydrogen-bond donors (Lipinski definition) is 0. The van der Waals surface area contributed by atoms with Gasteiger partial charge >= 0.3 is 12.4 Å². The van der Waals surface area contributed by atoms with Crippen molar-refractivity contribution in [1.82, 2.24) is 0 Å². The Hall–Kier alpha value is -1.01. The van der Waals surface area contributed by atoms with Gasteiger partial charge in [0, 0.05) is 12.6 Å². The summed E-state index contributed by atoms with van der Waals surface area (Å²) in [5.41, 5.74) is -2.89. The van der Waals surface area contributed by atoms with Gasteiger partial charge in [-0.2, -0.15) is 26.3 Å². The van der Waals surface area contributed by atoms with E-state index in [-0.39, 0.29) is 6.08 Å². The van der Waals surface area contributed by atoms with Crippen molar-refractivity contribution in [3.05, 3.63) is 11.6 Å². The molecule has 0 aromatic rings. The van der Waals surface area contributed by atoms with Gasteiger partial charge in [-0.3, -0.25) is 4.99 Å². The molecule has 0 fully saturated rings. The first-order valence-corrected chi connectivity index (χ1v) is 3.38. The summed E-state index contributed by atoms with van der Waals surface area (Å²) in [5, 5.41) is 0. The van der Waals surface area contributed by atoms with E-state index in [0.29, 0.717) is 6.92 Å². The molecule has 0 heterocycles. The molecule has 1 nitrogen and oxygen atoms in total. The molecule has 7 heteroatoms. The molecule has 0 rings (SSSR count). The predicted molar refractivity (Wildman–Crippen MR) is 39.2 cm³/mol. The maximum Gasteiger partial charge on any atom is 0.432 e. The first kappa shape index (κ1) is 13.0. The fraction of sp³-hybridized carbons (Fsp3) is 0.571.